The number of carbonyl (C=O) groups excluding carboxylic acids is 2. The van der Waals surface area contributed by atoms with Crippen molar-refractivity contribution in [3.8, 4) is 22.9 Å². The summed E-state index contributed by atoms with van der Waals surface area (Å²) in [6, 6.07) is 16.7. The van der Waals surface area contributed by atoms with Crippen LogP contribution in [0.4, 0.5) is 0 Å². The van der Waals surface area contributed by atoms with Gasteiger partial charge in [-0.25, -0.2) is 10.2 Å². The van der Waals surface area contributed by atoms with E-state index in [1.165, 1.54) is 19.4 Å². The van der Waals surface area contributed by atoms with Gasteiger partial charge in [-0.2, -0.15) is 5.10 Å². The molecule has 0 aliphatic heterocycles. The molecular formula is C31H31BrClN3O7. The van der Waals surface area contributed by atoms with E-state index in [-0.39, 0.29) is 35.5 Å². The number of hydrogen-bond acceptors (Lipinski definition) is 8. The minimum atomic E-state index is -0.912. The Balaban J connectivity index is 1.35. The third kappa shape index (κ3) is 7.60. The molecule has 0 fully saturated rings. The lowest BCUT2D eigenvalue weighted by atomic mass is 10.2. The first-order chi connectivity index (χ1) is 20.6. The molecule has 0 aliphatic rings. The van der Waals surface area contributed by atoms with Gasteiger partial charge in [0.05, 0.1) is 19.9 Å². The summed E-state index contributed by atoms with van der Waals surface area (Å²) in [6.07, 6.45) is 0.465. The topological polar surface area (TPSA) is 114 Å². The van der Waals surface area contributed by atoms with E-state index in [2.05, 4.69) is 57.0 Å². The van der Waals surface area contributed by atoms with Crippen LogP contribution in [-0.4, -0.2) is 42.5 Å². The number of rotatable bonds is 12. The van der Waals surface area contributed by atoms with Crippen molar-refractivity contribution in [1.29, 1.82) is 0 Å². The summed E-state index contributed by atoms with van der Waals surface area (Å²) in [5.74, 6) is 0.539. The van der Waals surface area contributed by atoms with Gasteiger partial charge < -0.3 is 27.9 Å². The van der Waals surface area contributed by atoms with Crippen LogP contribution in [0, 0.1) is 13.8 Å². The average Bonchev–Trinajstić information content (AvgIpc) is 3.61. The lowest BCUT2D eigenvalue weighted by Gasteiger charge is -2.18. The highest BCUT2D eigenvalue weighted by Gasteiger charge is 2.23. The lowest BCUT2D eigenvalue weighted by Crippen LogP contribution is -2.26. The van der Waals surface area contributed by atoms with Crippen LogP contribution in [0.15, 0.2) is 68.6 Å². The summed E-state index contributed by atoms with van der Waals surface area (Å²) in [6.45, 7) is 7.73. The molecule has 10 nitrogen and oxygen atoms in total. The van der Waals surface area contributed by atoms with E-state index in [1.54, 1.807) is 26.0 Å². The number of esters is 1. The number of furan rings is 1. The lowest BCUT2D eigenvalue weighted by molar-refractivity contribution is -0.150. The smallest absolute Gasteiger partial charge is 0.347 e. The third-order valence-corrected chi connectivity index (χ3v) is 7.73. The molecule has 4 aromatic rings. The Morgan fingerprint density at radius 3 is 2.47 bits per heavy atom. The highest BCUT2D eigenvalue weighted by Crippen LogP contribution is 2.42. The molecule has 0 bridgehead atoms. The van der Waals surface area contributed by atoms with Gasteiger partial charge in [-0.15, -0.1) is 0 Å². The van der Waals surface area contributed by atoms with E-state index in [0.29, 0.717) is 21.5 Å². The summed E-state index contributed by atoms with van der Waals surface area (Å²) in [4.78, 5) is 24.6. The van der Waals surface area contributed by atoms with E-state index >= 15 is 0 Å². The first-order valence-corrected chi connectivity index (χ1v) is 14.5. The molecule has 0 saturated heterocycles. The Labute approximate surface area is 262 Å². The second-order valence-corrected chi connectivity index (χ2v) is 10.5. The van der Waals surface area contributed by atoms with Gasteiger partial charge >= 0.3 is 11.9 Å². The summed E-state index contributed by atoms with van der Waals surface area (Å²) in [5, 5.41) is 4.16. The zero-order valence-electron chi connectivity index (χ0n) is 24.3. The Morgan fingerprint density at radius 1 is 1.12 bits per heavy atom. The van der Waals surface area contributed by atoms with Crippen LogP contribution in [-0.2, 0) is 16.1 Å². The summed E-state index contributed by atoms with van der Waals surface area (Å²) in [5.41, 5.74) is 6.25. The number of methoxy groups -OCH3 is 1. The van der Waals surface area contributed by atoms with Crippen molar-refractivity contribution in [2.24, 2.45) is 5.10 Å². The van der Waals surface area contributed by atoms with Crippen molar-refractivity contribution in [2.45, 2.75) is 40.4 Å². The van der Waals surface area contributed by atoms with Gasteiger partial charge in [-0.05, 0) is 98.2 Å². The Hall–Kier alpha value is -4.22. The minimum absolute atomic E-state index is 0.0658. The zero-order valence-corrected chi connectivity index (χ0v) is 26.6. The Morgan fingerprint density at radius 2 is 1.81 bits per heavy atom. The molecule has 4 rings (SSSR count). The summed E-state index contributed by atoms with van der Waals surface area (Å²) < 4.78 is 30.1. The van der Waals surface area contributed by atoms with Crippen molar-refractivity contribution < 1.29 is 33.0 Å². The van der Waals surface area contributed by atoms with Crippen LogP contribution in [0.25, 0.3) is 5.69 Å². The van der Waals surface area contributed by atoms with E-state index < -0.39 is 18.0 Å². The fourth-order valence-electron chi connectivity index (χ4n) is 4.16. The second kappa shape index (κ2) is 14.3. The van der Waals surface area contributed by atoms with Gasteiger partial charge in [-0.3, -0.25) is 4.79 Å². The van der Waals surface area contributed by atoms with Gasteiger partial charge in [0, 0.05) is 27.1 Å². The first kappa shape index (κ1) is 31.7. The van der Waals surface area contributed by atoms with Gasteiger partial charge in [0.25, 0.3) is 0 Å². The predicted molar refractivity (Wildman–Crippen MR) is 166 cm³/mol. The van der Waals surface area contributed by atoms with Crippen LogP contribution in [0.3, 0.4) is 0 Å². The molecular weight excluding hydrogens is 642 g/mol. The number of carbonyl (C=O) groups is 2. The van der Waals surface area contributed by atoms with Crippen molar-refractivity contribution >= 4 is 45.6 Å². The second-order valence-electron chi connectivity index (χ2n) is 9.34. The van der Waals surface area contributed by atoms with Crippen molar-refractivity contribution in [3.63, 3.8) is 0 Å². The Kier molecular flexibility index (Phi) is 10.5. The molecule has 1 amide bonds. The molecule has 2 heterocycles. The number of amides is 1. The minimum Gasteiger partial charge on any atom is -0.493 e. The fourth-order valence-corrected chi connectivity index (χ4v) is 4.80. The van der Waals surface area contributed by atoms with Gasteiger partial charge in [0.1, 0.15) is 23.1 Å². The number of aromatic nitrogens is 1. The molecule has 1 atom stereocenters. The number of benzene rings is 2. The van der Waals surface area contributed by atoms with Crippen molar-refractivity contribution in [3.05, 3.63) is 92.6 Å². The SMILES string of the molecule is CCOC(=O)[C@H](C)Oc1c(OC)cc(/C=N/NC(=O)c2ccc(COc3ccc(-n4c(C)ccc4C)cc3)o2)c(Br)c1Cl. The molecule has 226 valence electrons. The number of hydrazone groups is 1. The predicted octanol–water partition coefficient (Wildman–Crippen LogP) is 6.78. The van der Waals surface area contributed by atoms with Gasteiger partial charge in [0.2, 0.25) is 0 Å². The number of aryl methyl sites for hydroxylation is 2. The number of hydrogen-bond donors (Lipinski definition) is 1. The monoisotopic (exact) mass is 671 g/mol. The number of nitrogens with one attached hydrogen (secondary N) is 1. The molecule has 2 aromatic heterocycles. The van der Waals surface area contributed by atoms with E-state index in [1.807, 2.05) is 24.3 Å². The standard InChI is InChI=1S/C31H31BrClN3O7/c1-6-40-31(38)20(4)42-29-26(39-5)15-21(27(32)28(29)33)16-34-35-30(37)25-14-13-24(43-25)17-41-23-11-9-22(10-12-23)36-18(2)7-8-19(36)3/h7-16,20H,6,17H2,1-5H3,(H,35,37)/b34-16+/t20-/m0/s1. The van der Waals surface area contributed by atoms with Crippen LogP contribution in [0.1, 0.15) is 47.1 Å². The molecule has 43 heavy (non-hydrogen) atoms. The van der Waals surface area contributed by atoms with E-state index in [4.69, 9.17) is 35.0 Å². The summed E-state index contributed by atoms with van der Waals surface area (Å²) in [7, 11) is 1.43. The molecule has 0 spiro atoms. The molecule has 2 aromatic carbocycles. The molecule has 1 N–H and O–H groups in total. The third-order valence-electron chi connectivity index (χ3n) is 6.29. The molecule has 0 saturated carbocycles. The zero-order chi connectivity index (χ0) is 31.1. The maximum atomic E-state index is 12.6. The van der Waals surface area contributed by atoms with E-state index in [9.17, 15) is 9.59 Å². The quantitative estimate of drug-likeness (QED) is 0.100. The van der Waals surface area contributed by atoms with Crippen LogP contribution >= 0.6 is 27.5 Å². The van der Waals surface area contributed by atoms with E-state index in [0.717, 1.165) is 17.1 Å². The number of nitrogens with zero attached hydrogens (tertiary/aromatic N) is 2. The first-order valence-electron chi connectivity index (χ1n) is 13.3. The summed E-state index contributed by atoms with van der Waals surface area (Å²) >= 11 is 9.89. The normalized spacial score (nSPS) is 11.8. The molecule has 0 unspecified atom stereocenters. The van der Waals surface area contributed by atoms with Crippen LogP contribution in [0.2, 0.25) is 5.02 Å². The average molecular weight is 673 g/mol. The van der Waals surface area contributed by atoms with Crippen LogP contribution < -0.4 is 19.6 Å². The van der Waals surface area contributed by atoms with Crippen molar-refractivity contribution in [2.75, 3.05) is 13.7 Å². The van der Waals surface area contributed by atoms with Gasteiger partial charge in [-0.1, -0.05) is 11.6 Å². The maximum absolute atomic E-state index is 12.6. The highest BCUT2D eigenvalue weighted by molar-refractivity contribution is 9.10. The van der Waals surface area contributed by atoms with Gasteiger partial charge in [0.15, 0.2) is 23.4 Å². The molecule has 0 radical (unpaired) electrons. The molecule has 0 aliphatic carbocycles. The Bertz CT molecular complexity index is 1610. The van der Waals surface area contributed by atoms with Crippen molar-refractivity contribution in [1.82, 2.24) is 9.99 Å². The maximum Gasteiger partial charge on any atom is 0.347 e. The molecule has 12 heteroatoms. The number of halogens is 2. The number of ether oxygens (including phenoxy) is 4. The largest absolute Gasteiger partial charge is 0.493 e. The highest BCUT2D eigenvalue weighted by atomic mass is 79.9. The fraction of sp³-hybridized carbons (Fsp3) is 0.258. The van der Waals surface area contributed by atoms with Crippen LogP contribution in [0.5, 0.6) is 17.2 Å².